The Bertz CT molecular complexity index is 276. The number of thiocarbonyl (C=S) groups is 1. The molecule has 1 N–H and O–H groups in total. The molecule has 0 saturated heterocycles. The quantitative estimate of drug-likeness (QED) is 0.368. The van der Waals surface area contributed by atoms with Gasteiger partial charge in [-0.1, -0.05) is 16.5 Å². The van der Waals surface area contributed by atoms with Gasteiger partial charge in [0.05, 0.1) is 0 Å². The Morgan fingerprint density at radius 3 is 2.67 bits per heavy atom. The molecule has 0 aliphatic heterocycles. The number of rotatable bonds is 1. The van der Waals surface area contributed by atoms with E-state index in [1.54, 1.807) is 0 Å². The van der Waals surface area contributed by atoms with Crippen LogP contribution in [-0.2, 0) is 12.6 Å². The van der Waals surface area contributed by atoms with Gasteiger partial charge in [-0.3, -0.25) is 0 Å². The van der Waals surface area contributed by atoms with E-state index >= 15 is 0 Å². The van der Waals surface area contributed by atoms with Crippen LogP contribution in [-0.4, -0.2) is 4.32 Å². The van der Waals surface area contributed by atoms with Crippen molar-refractivity contribution in [3.63, 3.8) is 0 Å². The molecule has 0 amide bonds. The van der Waals surface area contributed by atoms with Crippen LogP contribution in [0.1, 0.15) is 5.56 Å². The van der Waals surface area contributed by atoms with Crippen molar-refractivity contribution in [2.24, 2.45) is 0 Å². The molecule has 1 aromatic rings. The van der Waals surface area contributed by atoms with Crippen LogP contribution in [0, 0.1) is 6.92 Å². The summed E-state index contributed by atoms with van der Waals surface area (Å²) < 4.78 is 0.385. The molecule has 0 unspecified atom stereocenters. The summed E-state index contributed by atoms with van der Waals surface area (Å²) in [7, 11) is 0. The molecule has 0 aliphatic carbocycles. The average Bonchev–Trinajstić information content (AvgIpc) is 1.85. The summed E-state index contributed by atoms with van der Waals surface area (Å²) >= 11 is 9.45. The van der Waals surface area contributed by atoms with Gasteiger partial charge < -0.3 is 30.2 Å². The van der Waals surface area contributed by atoms with Crippen molar-refractivity contribution in [1.82, 2.24) is 0 Å². The van der Waals surface area contributed by atoms with Gasteiger partial charge in [0.2, 0.25) is 0 Å². The summed E-state index contributed by atoms with van der Waals surface area (Å²) in [6.07, 6.45) is 0. The molecule has 0 aromatic heterocycles. The smallest absolute Gasteiger partial charge is 0.411 e. The van der Waals surface area contributed by atoms with Crippen LogP contribution in [0.4, 0.5) is 5.69 Å². The van der Waals surface area contributed by atoms with Crippen LogP contribution in [0.5, 0.6) is 0 Å². The van der Waals surface area contributed by atoms with E-state index in [0.29, 0.717) is 4.32 Å². The standard InChI is InChI=1S/C8H9NS2.Na/c1-6-3-2-4-7(5-6)9-8(10)11;/h2-5H,1H3,(H2,9,10,11);/q;+1/p-1. The monoisotopic (exact) mass is 205 g/mol. The Labute approximate surface area is 106 Å². The molecule has 0 heterocycles. The van der Waals surface area contributed by atoms with E-state index < -0.39 is 0 Å². The Morgan fingerprint density at radius 1 is 1.50 bits per heavy atom. The Kier molecular flexibility index (Phi) is 6.05. The van der Waals surface area contributed by atoms with Gasteiger partial charge in [-0.25, -0.2) is 0 Å². The van der Waals surface area contributed by atoms with Crippen molar-refractivity contribution in [2.75, 3.05) is 5.32 Å². The van der Waals surface area contributed by atoms with Crippen LogP contribution < -0.4 is 34.9 Å². The minimum atomic E-state index is 0. The molecule has 58 valence electrons. The maximum atomic E-state index is 4.72. The summed E-state index contributed by atoms with van der Waals surface area (Å²) in [6, 6.07) is 7.92. The second-order valence-electron chi connectivity index (χ2n) is 2.28. The first-order valence-electron chi connectivity index (χ1n) is 3.23. The normalized spacial score (nSPS) is 8.42. The van der Waals surface area contributed by atoms with E-state index in [0.717, 1.165) is 5.69 Å². The van der Waals surface area contributed by atoms with E-state index in [9.17, 15) is 0 Å². The molecule has 0 saturated carbocycles. The zero-order chi connectivity index (χ0) is 8.27. The minimum absolute atomic E-state index is 0. The molecular weight excluding hydrogens is 197 g/mol. The fourth-order valence-corrected chi connectivity index (χ4v) is 1.08. The van der Waals surface area contributed by atoms with Crippen LogP contribution >= 0.6 is 12.2 Å². The Morgan fingerprint density at radius 2 is 2.17 bits per heavy atom. The number of anilines is 1. The first-order valence-corrected chi connectivity index (χ1v) is 4.05. The molecule has 1 rings (SSSR count). The van der Waals surface area contributed by atoms with Gasteiger partial charge in [0.25, 0.3) is 0 Å². The van der Waals surface area contributed by atoms with Gasteiger partial charge >= 0.3 is 29.6 Å². The van der Waals surface area contributed by atoms with Crippen molar-refractivity contribution < 1.29 is 29.6 Å². The van der Waals surface area contributed by atoms with Crippen molar-refractivity contribution >= 4 is 34.9 Å². The van der Waals surface area contributed by atoms with Gasteiger partial charge in [-0.15, -0.1) is 0 Å². The second kappa shape index (κ2) is 5.89. The van der Waals surface area contributed by atoms with Crippen LogP contribution in [0.2, 0.25) is 0 Å². The van der Waals surface area contributed by atoms with E-state index in [1.807, 2.05) is 31.2 Å². The second-order valence-corrected chi connectivity index (χ2v) is 3.36. The fraction of sp³-hybridized carbons (Fsp3) is 0.125. The van der Waals surface area contributed by atoms with E-state index in [-0.39, 0.29) is 29.6 Å². The number of nitrogens with one attached hydrogen (secondary N) is 1. The average molecular weight is 205 g/mol. The van der Waals surface area contributed by atoms with Crippen LogP contribution in [0.3, 0.4) is 0 Å². The summed E-state index contributed by atoms with van der Waals surface area (Å²) in [4.78, 5) is 0. The predicted octanol–water partition coefficient (Wildman–Crippen LogP) is -0.757. The van der Waals surface area contributed by atoms with Gasteiger partial charge in [-0.2, -0.15) is 0 Å². The topological polar surface area (TPSA) is 12.0 Å². The zero-order valence-corrected chi connectivity index (χ0v) is 10.8. The third kappa shape index (κ3) is 4.38. The predicted molar refractivity (Wildman–Crippen MR) is 54.8 cm³/mol. The maximum Gasteiger partial charge on any atom is 1.00 e. The first kappa shape index (κ1) is 12.3. The molecule has 0 bridgehead atoms. The Hall–Kier alpha value is 0.330. The maximum absolute atomic E-state index is 4.72. The first-order chi connectivity index (χ1) is 5.18. The van der Waals surface area contributed by atoms with Gasteiger partial charge in [0.15, 0.2) is 0 Å². The zero-order valence-electron chi connectivity index (χ0n) is 7.13. The van der Waals surface area contributed by atoms with Crippen molar-refractivity contribution in [3.05, 3.63) is 29.8 Å². The molecule has 1 aromatic carbocycles. The third-order valence-electron chi connectivity index (χ3n) is 1.26. The van der Waals surface area contributed by atoms with Crippen molar-refractivity contribution in [2.45, 2.75) is 6.92 Å². The SMILES string of the molecule is Cc1cccc(NC(=S)[S-])c1.[Na+]. The third-order valence-corrected chi connectivity index (χ3v) is 1.47. The molecule has 4 heteroatoms. The van der Waals surface area contributed by atoms with Crippen LogP contribution in [0.15, 0.2) is 24.3 Å². The fourth-order valence-electron chi connectivity index (χ4n) is 0.841. The molecule has 0 radical (unpaired) electrons. The number of benzene rings is 1. The summed E-state index contributed by atoms with van der Waals surface area (Å²) in [5, 5.41) is 2.89. The molecule has 12 heavy (non-hydrogen) atoms. The van der Waals surface area contributed by atoms with Gasteiger partial charge in [0.1, 0.15) is 0 Å². The summed E-state index contributed by atoms with van der Waals surface area (Å²) in [6.45, 7) is 2.03. The number of aryl methyl sites for hydroxylation is 1. The molecule has 0 spiro atoms. The van der Waals surface area contributed by atoms with Crippen molar-refractivity contribution in [1.29, 1.82) is 0 Å². The van der Waals surface area contributed by atoms with E-state index in [4.69, 9.17) is 24.8 Å². The van der Waals surface area contributed by atoms with E-state index in [2.05, 4.69) is 5.32 Å². The molecule has 0 aliphatic rings. The van der Waals surface area contributed by atoms with Crippen molar-refractivity contribution in [3.8, 4) is 0 Å². The van der Waals surface area contributed by atoms with Crippen LogP contribution in [0.25, 0.3) is 0 Å². The largest absolute Gasteiger partial charge is 1.00 e. The molecule has 0 fully saturated rings. The molecule has 0 atom stereocenters. The summed E-state index contributed by atoms with van der Waals surface area (Å²) in [5.41, 5.74) is 2.16. The molecule has 1 nitrogen and oxygen atoms in total. The molecular formula is C8H8NNaS2. The minimum Gasteiger partial charge on any atom is -0.411 e. The summed E-state index contributed by atoms with van der Waals surface area (Å²) in [5.74, 6) is 0. The number of hydrogen-bond acceptors (Lipinski definition) is 2. The number of hydrogen-bond donors (Lipinski definition) is 1. The van der Waals surface area contributed by atoms with E-state index in [1.165, 1.54) is 5.56 Å². The van der Waals surface area contributed by atoms with Gasteiger partial charge in [0, 0.05) is 5.69 Å². The van der Waals surface area contributed by atoms with Gasteiger partial charge in [-0.05, 0) is 24.6 Å². The Balaban J connectivity index is 0.00000121.